The smallest absolute Gasteiger partial charge is 0.322 e. The SMILES string of the molecule is CCc1ccc(NC(=O)N2CCOC[C@H]2[C@@H]2CCCO2)cc1OC. The summed E-state index contributed by atoms with van der Waals surface area (Å²) < 4.78 is 16.7. The largest absolute Gasteiger partial charge is 0.496 e. The topological polar surface area (TPSA) is 60.0 Å². The Morgan fingerprint density at radius 3 is 3.00 bits per heavy atom. The van der Waals surface area contributed by atoms with Gasteiger partial charge in [0.1, 0.15) is 5.75 Å². The molecule has 1 aromatic carbocycles. The number of rotatable bonds is 4. The lowest BCUT2D eigenvalue weighted by Crippen LogP contribution is -2.55. The average Bonchev–Trinajstić information content (AvgIpc) is 3.16. The van der Waals surface area contributed by atoms with Gasteiger partial charge in [0, 0.05) is 24.9 Å². The molecule has 24 heavy (non-hydrogen) atoms. The van der Waals surface area contributed by atoms with Gasteiger partial charge in [-0.25, -0.2) is 4.79 Å². The molecule has 1 aromatic rings. The number of carbonyl (C=O) groups excluding carboxylic acids is 1. The number of aryl methyl sites for hydroxylation is 1. The van der Waals surface area contributed by atoms with E-state index in [9.17, 15) is 4.79 Å². The van der Waals surface area contributed by atoms with E-state index >= 15 is 0 Å². The number of anilines is 1. The summed E-state index contributed by atoms with van der Waals surface area (Å²) in [5.41, 5.74) is 1.87. The van der Waals surface area contributed by atoms with Crippen LogP contribution in [0.15, 0.2) is 18.2 Å². The summed E-state index contributed by atoms with van der Waals surface area (Å²) in [6.07, 6.45) is 3.00. The van der Waals surface area contributed by atoms with Gasteiger partial charge in [-0.05, 0) is 30.9 Å². The molecule has 2 aliphatic rings. The predicted molar refractivity (Wildman–Crippen MR) is 91.7 cm³/mol. The number of hydrogen-bond donors (Lipinski definition) is 1. The van der Waals surface area contributed by atoms with Crippen molar-refractivity contribution in [1.82, 2.24) is 4.90 Å². The van der Waals surface area contributed by atoms with E-state index in [-0.39, 0.29) is 18.2 Å². The second kappa shape index (κ2) is 7.85. The fourth-order valence-corrected chi connectivity index (χ4v) is 3.40. The van der Waals surface area contributed by atoms with Gasteiger partial charge in [-0.1, -0.05) is 13.0 Å². The lowest BCUT2D eigenvalue weighted by Gasteiger charge is -2.38. The second-order valence-corrected chi connectivity index (χ2v) is 6.20. The third-order valence-electron chi connectivity index (χ3n) is 4.74. The molecule has 0 aliphatic carbocycles. The van der Waals surface area contributed by atoms with Gasteiger partial charge >= 0.3 is 6.03 Å². The fourth-order valence-electron chi connectivity index (χ4n) is 3.40. The summed E-state index contributed by atoms with van der Waals surface area (Å²) in [6, 6.07) is 5.66. The molecule has 0 saturated carbocycles. The number of morpholine rings is 1. The minimum absolute atomic E-state index is 0.0157. The predicted octanol–water partition coefficient (Wildman–Crippen LogP) is 2.67. The molecular formula is C18H26N2O4. The minimum Gasteiger partial charge on any atom is -0.496 e. The molecule has 6 nitrogen and oxygen atoms in total. The lowest BCUT2D eigenvalue weighted by molar-refractivity contribution is -0.0452. The lowest BCUT2D eigenvalue weighted by atomic mass is 10.1. The molecule has 1 N–H and O–H groups in total. The van der Waals surface area contributed by atoms with Crippen molar-refractivity contribution in [2.24, 2.45) is 0 Å². The van der Waals surface area contributed by atoms with E-state index in [1.54, 1.807) is 7.11 Å². The minimum atomic E-state index is -0.106. The second-order valence-electron chi connectivity index (χ2n) is 6.20. The number of urea groups is 1. The average molecular weight is 334 g/mol. The quantitative estimate of drug-likeness (QED) is 0.920. The molecule has 0 radical (unpaired) electrons. The summed E-state index contributed by atoms with van der Waals surface area (Å²) in [5, 5.41) is 2.99. The van der Waals surface area contributed by atoms with Crippen LogP contribution in [0.4, 0.5) is 10.5 Å². The standard InChI is InChI=1S/C18H26N2O4/c1-3-13-6-7-14(11-17(13)22-2)19-18(21)20-8-10-23-12-15(20)16-5-4-9-24-16/h6-7,11,15-16H,3-5,8-10,12H2,1-2H3,(H,19,21)/t15-,16-/m0/s1. The maximum Gasteiger partial charge on any atom is 0.322 e. The molecule has 2 atom stereocenters. The Labute approximate surface area is 143 Å². The van der Waals surface area contributed by atoms with Gasteiger partial charge in [0.2, 0.25) is 0 Å². The van der Waals surface area contributed by atoms with Crippen LogP contribution in [0.25, 0.3) is 0 Å². The van der Waals surface area contributed by atoms with E-state index in [1.165, 1.54) is 0 Å². The fraction of sp³-hybridized carbons (Fsp3) is 0.611. The molecule has 3 rings (SSSR count). The van der Waals surface area contributed by atoms with E-state index in [4.69, 9.17) is 14.2 Å². The first-order valence-corrected chi connectivity index (χ1v) is 8.66. The first-order chi connectivity index (χ1) is 11.7. The van der Waals surface area contributed by atoms with Crippen molar-refractivity contribution in [2.45, 2.75) is 38.3 Å². The molecule has 6 heteroatoms. The van der Waals surface area contributed by atoms with Crippen molar-refractivity contribution < 1.29 is 19.0 Å². The van der Waals surface area contributed by atoms with Crippen LogP contribution in [-0.4, -0.2) is 56.6 Å². The maximum atomic E-state index is 12.8. The highest BCUT2D eigenvalue weighted by Crippen LogP contribution is 2.26. The molecule has 0 unspecified atom stereocenters. The van der Waals surface area contributed by atoms with Gasteiger partial charge in [-0.15, -0.1) is 0 Å². The van der Waals surface area contributed by atoms with E-state index in [2.05, 4.69) is 12.2 Å². The van der Waals surface area contributed by atoms with Crippen LogP contribution < -0.4 is 10.1 Å². The van der Waals surface area contributed by atoms with E-state index in [0.29, 0.717) is 19.8 Å². The van der Waals surface area contributed by atoms with Crippen molar-refractivity contribution in [1.29, 1.82) is 0 Å². The van der Waals surface area contributed by atoms with Gasteiger partial charge in [0.25, 0.3) is 0 Å². The van der Waals surface area contributed by atoms with Crippen molar-refractivity contribution in [3.05, 3.63) is 23.8 Å². The molecule has 2 aliphatic heterocycles. The van der Waals surface area contributed by atoms with Crippen molar-refractivity contribution in [3.8, 4) is 5.75 Å². The summed E-state index contributed by atoms with van der Waals surface area (Å²) in [6.45, 7) is 4.54. The van der Waals surface area contributed by atoms with E-state index < -0.39 is 0 Å². The molecular weight excluding hydrogens is 308 g/mol. The number of carbonyl (C=O) groups is 1. The summed E-state index contributed by atoms with van der Waals surface area (Å²) in [7, 11) is 1.65. The van der Waals surface area contributed by atoms with Gasteiger partial charge in [0.05, 0.1) is 32.5 Å². The third kappa shape index (κ3) is 3.65. The summed E-state index contributed by atoms with van der Waals surface area (Å²) >= 11 is 0. The number of methoxy groups -OCH3 is 1. The van der Waals surface area contributed by atoms with Gasteiger partial charge in [-0.2, -0.15) is 0 Å². The molecule has 0 aromatic heterocycles. The Balaban J connectivity index is 1.70. The number of amides is 2. The van der Waals surface area contributed by atoms with Gasteiger partial charge < -0.3 is 24.4 Å². The van der Waals surface area contributed by atoms with Crippen LogP contribution in [0.1, 0.15) is 25.3 Å². The zero-order valence-electron chi connectivity index (χ0n) is 14.4. The highest BCUT2D eigenvalue weighted by molar-refractivity contribution is 5.90. The Morgan fingerprint density at radius 2 is 2.29 bits per heavy atom. The highest BCUT2D eigenvalue weighted by Gasteiger charge is 2.36. The van der Waals surface area contributed by atoms with Gasteiger partial charge in [-0.3, -0.25) is 0 Å². The maximum absolute atomic E-state index is 12.8. The first-order valence-electron chi connectivity index (χ1n) is 8.66. The molecule has 0 bridgehead atoms. The van der Waals surface area contributed by atoms with Crippen LogP contribution in [0.2, 0.25) is 0 Å². The van der Waals surface area contributed by atoms with Crippen molar-refractivity contribution >= 4 is 11.7 Å². The monoisotopic (exact) mass is 334 g/mol. The molecule has 2 saturated heterocycles. The van der Waals surface area contributed by atoms with Crippen LogP contribution >= 0.6 is 0 Å². The number of nitrogens with one attached hydrogen (secondary N) is 1. The van der Waals surface area contributed by atoms with E-state index in [0.717, 1.165) is 42.9 Å². The molecule has 2 fully saturated rings. The van der Waals surface area contributed by atoms with E-state index in [1.807, 2.05) is 23.1 Å². The summed E-state index contributed by atoms with van der Waals surface area (Å²) in [5.74, 6) is 0.799. The third-order valence-corrected chi connectivity index (χ3v) is 4.74. The Bertz CT molecular complexity index is 572. The highest BCUT2D eigenvalue weighted by atomic mass is 16.5. The first kappa shape index (κ1) is 17.0. The van der Waals surface area contributed by atoms with Crippen LogP contribution in [0.5, 0.6) is 5.75 Å². The Hall–Kier alpha value is -1.79. The summed E-state index contributed by atoms with van der Waals surface area (Å²) in [4.78, 5) is 14.6. The zero-order chi connectivity index (χ0) is 16.9. The zero-order valence-corrected chi connectivity index (χ0v) is 14.4. The number of nitrogens with zero attached hydrogens (tertiary/aromatic N) is 1. The normalized spacial score (nSPS) is 24.0. The van der Waals surface area contributed by atoms with Crippen molar-refractivity contribution in [2.75, 3.05) is 38.8 Å². The molecule has 0 spiro atoms. The van der Waals surface area contributed by atoms with Crippen LogP contribution in [0, 0.1) is 0 Å². The molecule has 2 heterocycles. The van der Waals surface area contributed by atoms with Crippen molar-refractivity contribution in [3.63, 3.8) is 0 Å². The number of benzene rings is 1. The number of ether oxygens (including phenoxy) is 3. The van der Waals surface area contributed by atoms with Gasteiger partial charge in [0.15, 0.2) is 0 Å². The Morgan fingerprint density at radius 1 is 1.42 bits per heavy atom. The Kier molecular flexibility index (Phi) is 5.58. The molecule has 2 amide bonds. The number of hydrogen-bond acceptors (Lipinski definition) is 4. The van der Waals surface area contributed by atoms with Crippen LogP contribution in [0.3, 0.4) is 0 Å². The molecule has 132 valence electrons. The van der Waals surface area contributed by atoms with Crippen LogP contribution in [-0.2, 0) is 15.9 Å².